The van der Waals surface area contributed by atoms with E-state index in [1.165, 1.54) is 4.68 Å². The van der Waals surface area contributed by atoms with Gasteiger partial charge in [0, 0.05) is 6.54 Å². The van der Waals surface area contributed by atoms with Crippen molar-refractivity contribution in [1.82, 2.24) is 20.0 Å². The summed E-state index contributed by atoms with van der Waals surface area (Å²) >= 11 is 5.17. The molecule has 8 nitrogen and oxygen atoms in total. The van der Waals surface area contributed by atoms with Crippen molar-refractivity contribution in [2.75, 3.05) is 20.6 Å². The summed E-state index contributed by atoms with van der Waals surface area (Å²) < 4.78 is 12.3. The van der Waals surface area contributed by atoms with E-state index in [9.17, 15) is 9.90 Å². The lowest BCUT2D eigenvalue weighted by Crippen LogP contribution is -2.43. The Morgan fingerprint density at radius 2 is 2.04 bits per heavy atom. The lowest BCUT2D eigenvalue weighted by Gasteiger charge is -2.26. The van der Waals surface area contributed by atoms with Crippen LogP contribution in [0, 0.1) is 10.8 Å². The van der Waals surface area contributed by atoms with Gasteiger partial charge >= 0.3 is 6.09 Å². The molecule has 0 aliphatic heterocycles. The summed E-state index contributed by atoms with van der Waals surface area (Å²) in [6.45, 7) is 10.6. The molecule has 150 valence electrons. The normalized spacial score (nSPS) is 14.5. The summed E-state index contributed by atoms with van der Waals surface area (Å²) in [5.74, 6) is 0.332. The highest BCUT2D eigenvalue weighted by molar-refractivity contribution is 7.71. The van der Waals surface area contributed by atoms with Crippen LogP contribution in [0.15, 0.2) is 4.42 Å². The van der Waals surface area contributed by atoms with Crippen molar-refractivity contribution < 1.29 is 19.1 Å². The summed E-state index contributed by atoms with van der Waals surface area (Å²) in [5.41, 5.74) is -0.622. The Kier molecular flexibility index (Phi) is 8.23. The van der Waals surface area contributed by atoms with Gasteiger partial charge in [-0.2, -0.15) is 0 Å². The fourth-order valence-corrected chi connectivity index (χ4v) is 2.50. The van der Waals surface area contributed by atoms with Crippen LogP contribution in [0.2, 0.25) is 0 Å². The molecule has 0 fully saturated rings. The lowest BCUT2D eigenvalue weighted by molar-refractivity contribution is 0.0363. The zero-order chi connectivity index (χ0) is 20.1. The van der Waals surface area contributed by atoms with E-state index < -0.39 is 23.8 Å². The zero-order valence-corrected chi connectivity index (χ0v) is 17.6. The van der Waals surface area contributed by atoms with Crippen molar-refractivity contribution in [3.05, 3.63) is 10.7 Å². The lowest BCUT2D eigenvalue weighted by atomic mass is 9.99. The summed E-state index contributed by atoms with van der Waals surface area (Å²) in [6.07, 6.45) is -1.17. The fraction of sp³-hybridized carbons (Fsp3) is 0.824. The van der Waals surface area contributed by atoms with Crippen molar-refractivity contribution in [3.63, 3.8) is 0 Å². The Balaban J connectivity index is 2.91. The van der Waals surface area contributed by atoms with Crippen LogP contribution in [0.3, 0.4) is 0 Å². The number of aliphatic hydroxyl groups excluding tert-OH is 1. The van der Waals surface area contributed by atoms with Crippen LogP contribution in [0.1, 0.15) is 53.0 Å². The summed E-state index contributed by atoms with van der Waals surface area (Å²) in [6, 6.07) is -0.597. The molecule has 1 amide bonds. The average molecular weight is 389 g/mol. The molecule has 1 aromatic heterocycles. The van der Waals surface area contributed by atoms with Crippen molar-refractivity contribution >= 4 is 18.3 Å². The molecule has 1 rings (SSSR count). The van der Waals surface area contributed by atoms with Crippen LogP contribution in [0.25, 0.3) is 0 Å². The van der Waals surface area contributed by atoms with Gasteiger partial charge in [0.1, 0.15) is 5.60 Å². The Morgan fingerprint density at radius 1 is 1.42 bits per heavy atom. The molecule has 26 heavy (non-hydrogen) atoms. The number of likely N-dealkylation sites (N-methyl/N-ethyl adjacent to an activating group) is 1. The molecule has 0 aromatic carbocycles. The number of alkyl carbamates (subject to hydrolysis) is 1. The second kappa shape index (κ2) is 9.48. The molecule has 0 aliphatic carbocycles. The monoisotopic (exact) mass is 388 g/mol. The van der Waals surface area contributed by atoms with Crippen molar-refractivity contribution in [3.8, 4) is 0 Å². The maximum absolute atomic E-state index is 12.1. The summed E-state index contributed by atoms with van der Waals surface area (Å²) in [7, 11) is 3.89. The number of carbonyl (C=O) groups is 1. The van der Waals surface area contributed by atoms with E-state index in [1.54, 1.807) is 20.8 Å². The van der Waals surface area contributed by atoms with Crippen molar-refractivity contribution in [1.29, 1.82) is 0 Å². The first-order valence-corrected chi connectivity index (χ1v) is 9.20. The molecular formula is C17H32N4O4S. The van der Waals surface area contributed by atoms with Crippen LogP contribution in [-0.4, -0.2) is 58.2 Å². The van der Waals surface area contributed by atoms with Gasteiger partial charge in [0.05, 0.1) is 12.6 Å². The van der Waals surface area contributed by atoms with Gasteiger partial charge in [-0.15, -0.1) is 5.10 Å². The Labute approximate surface area is 160 Å². The van der Waals surface area contributed by atoms with Gasteiger partial charge in [0.25, 0.3) is 4.84 Å². The molecule has 0 aliphatic rings. The van der Waals surface area contributed by atoms with Gasteiger partial charge < -0.3 is 24.5 Å². The Bertz CT molecular complexity index is 633. The second-order valence-corrected chi connectivity index (χ2v) is 8.41. The van der Waals surface area contributed by atoms with Gasteiger partial charge in [-0.25, -0.2) is 9.48 Å². The Morgan fingerprint density at radius 3 is 2.54 bits per heavy atom. The van der Waals surface area contributed by atoms with Crippen LogP contribution in [0.4, 0.5) is 4.79 Å². The molecular weight excluding hydrogens is 356 g/mol. The third-order valence-corrected chi connectivity index (χ3v) is 3.74. The highest BCUT2D eigenvalue weighted by Crippen LogP contribution is 2.21. The number of hydrogen-bond acceptors (Lipinski definition) is 7. The number of carbonyl (C=O) groups excluding carboxylic acids is 1. The molecule has 0 spiro atoms. The molecule has 9 heteroatoms. The number of hydrogen-bond donors (Lipinski definition) is 2. The standard InChI is InChI=1S/C17H32N4O4S/c1-11(2)10-12(18-15(23)25-17(3,4)5)13(22)14-19-21(16(26)24-14)9-8-20(6)7/h11-13,22H,8-10H2,1-7H3,(H,18,23)/t12-,13?/m0/s1. The number of rotatable bonds is 8. The maximum atomic E-state index is 12.1. The summed E-state index contributed by atoms with van der Waals surface area (Å²) in [5, 5.41) is 17.7. The number of aromatic nitrogens is 2. The zero-order valence-electron chi connectivity index (χ0n) is 16.8. The minimum Gasteiger partial charge on any atom is -0.444 e. The largest absolute Gasteiger partial charge is 0.444 e. The molecule has 0 bridgehead atoms. The van der Waals surface area contributed by atoms with Gasteiger partial charge in [0.2, 0.25) is 5.89 Å². The molecule has 0 radical (unpaired) electrons. The van der Waals surface area contributed by atoms with E-state index in [2.05, 4.69) is 10.4 Å². The van der Waals surface area contributed by atoms with E-state index >= 15 is 0 Å². The van der Waals surface area contributed by atoms with E-state index in [-0.39, 0.29) is 16.6 Å². The third-order valence-electron chi connectivity index (χ3n) is 3.44. The number of nitrogens with one attached hydrogen (secondary N) is 1. The third kappa shape index (κ3) is 7.84. The van der Waals surface area contributed by atoms with Crippen LogP contribution >= 0.6 is 12.2 Å². The van der Waals surface area contributed by atoms with E-state index in [4.69, 9.17) is 21.4 Å². The van der Waals surface area contributed by atoms with Gasteiger partial charge in [-0.1, -0.05) is 13.8 Å². The predicted octanol–water partition coefficient (Wildman–Crippen LogP) is 2.74. The molecule has 0 saturated heterocycles. The van der Waals surface area contributed by atoms with Crippen LogP contribution in [0.5, 0.6) is 0 Å². The minimum atomic E-state index is -1.12. The van der Waals surface area contributed by atoms with Crippen LogP contribution in [-0.2, 0) is 11.3 Å². The molecule has 1 unspecified atom stereocenters. The number of ether oxygens (including phenoxy) is 1. The molecule has 0 saturated carbocycles. The number of amides is 1. The molecule has 1 aromatic rings. The SMILES string of the molecule is CC(C)C[C@H](NC(=O)OC(C)(C)C)C(O)c1nn(CCN(C)C)c(=S)o1. The van der Waals surface area contributed by atoms with E-state index in [1.807, 2.05) is 32.8 Å². The number of aliphatic hydroxyl groups is 1. The minimum absolute atomic E-state index is 0.0930. The first-order chi connectivity index (χ1) is 11.9. The Hall–Kier alpha value is -1.45. The van der Waals surface area contributed by atoms with E-state index in [0.29, 0.717) is 13.0 Å². The summed E-state index contributed by atoms with van der Waals surface area (Å²) in [4.78, 5) is 14.3. The smallest absolute Gasteiger partial charge is 0.407 e. The number of nitrogens with zero attached hydrogens (tertiary/aromatic N) is 3. The van der Waals surface area contributed by atoms with Crippen molar-refractivity contribution in [2.45, 2.75) is 65.3 Å². The van der Waals surface area contributed by atoms with E-state index in [0.717, 1.165) is 6.54 Å². The van der Waals surface area contributed by atoms with Gasteiger partial charge in [-0.3, -0.25) is 0 Å². The highest BCUT2D eigenvalue weighted by atomic mass is 32.1. The first-order valence-electron chi connectivity index (χ1n) is 8.79. The maximum Gasteiger partial charge on any atom is 0.407 e. The molecule has 1 heterocycles. The van der Waals surface area contributed by atoms with Crippen LogP contribution < -0.4 is 5.32 Å². The topological polar surface area (TPSA) is 92.8 Å². The van der Waals surface area contributed by atoms with Crippen molar-refractivity contribution in [2.24, 2.45) is 5.92 Å². The first kappa shape index (κ1) is 22.6. The highest BCUT2D eigenvalue weighted by Gasteiger charge is 2.30. The second-order valence-electron chi connectivity index (χ2n) is 8.06. The predicted molar refractivity (Wildman–Crippen MR) is 101 cm³/mol. The average Bonchev–Trinajstić information content (AvgIpc) is 2.82. The van der Waals surface area contributed by atoms with Gasteiger partial charge in [0.15, 0.2) is 6.10 Å². The quantitative estimate of drug-likeness (QED) is 0.662. The van der Waals surface area contributed by atoms with Gasteiger partial charge in [-0.05, 0) is 59.4 Å². The molecule has 2 N–H and O–H groups in total. The molecule has 2 atom stereocenters. The fourth-order valence-electron chi connectivity index (χ4n) is 2.28.